The van der Waals surface area contributed by atoms with Crippen LogP contribution in [0.1, 0.15) is 39.8 Å². The van der Waals surface area contributed by atoms with E-state index < -0.39 is 10.0 Å². The first kappa shape index (κ1) is 24.8. The molecule has 3 atom stereocenters. The van der Waals surface area contributed by atoms with Gasteiger partial charge in [0, 0.05) is 48.8 Å². The highest BCUT2D eigenvalue weighted by Crippen LogP contribution is 2.33. The average Bonchev–Trinajstić information content (AvgIpc) is 3.22. The van der Waals surface area contributed by atoms with Crippen LogP contribution in [0.4, 0.5) is 10.8 Å². The van der Waals surface area contributed by atoms with Gasteiger partial charge in [0.1, 0.15) is 11.9 Å². The van der Waals surface area contributed by atoms with Gasteiger partial charge in [0.2, 0.25) is 10.0 Å². The highest BCUT2D eigenvalue weighted by atomic mass is 32.2. The number of anilines is 2. The van der Waals surface area contributed by atoms with Gasteiger partial charge in [0.25, 0.3) is 0 Å². The average molecular weight is 505 g/mol. The predicted molar refractivity (Wildman–Crippen MR) is 137 cm³/mol. The lowest BCUT2D eigenvalue weighted by atomic mass is 10.1. The molecule has 4 rings (SSSR count). The molecule has 1 fully saturated rings. The Morgan fingerprint density at radius 2 is 2.00 bits per heavy atom. The summed E-state index contributed by atoms with van der Waals surface area (Å²) < 4.78 is 29.5. The maximum Gasteiger partial charge on any atom is 0.238 e. The van der Waals surface area contributed by atoms with E-state index in [2.05, 4.69) is 35.5 Å². The molecule has 2 aromatic rings. The largest absolute Gasteiger partial charge is 0.489 e. The van der Waals surface area contributed by atoms with Gasteiger partial charge in [-0.25, -0.2) is 18.5 Å². The van der Waals surface area contributed by atoms with E-state index in [9.17, 15) is 8.42 Å². The van der Waals surface area contributed by atoms with Crippen LogP contribution in [0.5, 0.6) is 5.75 Å². The number of aliphatic imine (C=N–C) groups is 1. The SMILES string of the molecule is CC1CN(C2CC=C(c3csc(Nc4cc(S(N)(=O)=O)ccc4OC(C)C)n3)C=N2)CC(C)N1. The van der Waals surface area contributed by atoms with Gasteiger partial charge in [-0.1, -0.05) is 6.08 Å². The van der Waals surface area contributed by atoms with E-state index in [-0.39, 0.29) is 17.2 Å². The topological polar surface area (TPSA) is 122 Å². The van der Waals surface area contributed by atoms with Crippen molar-refractivity contribution in [3.63, 3.8) is 0 Å². The molecule has 0 aliphatic carbocycles. The van der Waals surface area contributed by atoms with Crippen LogP contribution in [-0.2, 0) is 10.0 Å². The lowest BCUT2D eigenvalue weighted by Crippen LogP contribution is -2.56. The molecule has 0 amide bonds. The van der Waals surface area contributed by atoms with E-state index >= 15 is 0 Å². The monoisotopic (exact) mass is 504 g/mol. The Balaban J connectivity index is 1.48. The first-order valence-electron chi connectivity index (χ1n) is 11.4. The van der Waals surface area contributed by atoms with E-state index in [1.54, 1.807) is 6.07 Å². The van der Waals surface area contributed by atoms with Gasteiger partial charge in [-0.15, -0.1) is 11.3 Å². The quantitative estimate of drug-likeness (QED) is 0.529. The zero-order chi connectivity index (χ0) is 24.5. The summed E-state index contributed by atoms with van der Waals surface area (Å²) in [6.07, 6.45) is 5.01. The number of nitrogens with two attached hydrogens (primary N) is 1. The summed E-state index contributed by atoms with van der Waals surface area (Å²) >= 11 is 1.43. The van der Waals surface area contributed by atoms with Crippen LogP contribution in [0, 0.1) is 0 Å². The molecule has 4 N–H and O–H groups in total. The van der Waals surface area contributed by atoms with Gasteiger partial charge in [-0.05, 0) is 45.9 Å². The summed E-state index contributed by atoms with van der Waals surface area (Å²) in [5, 5.41) is 14.6. The number of sulfonamides is 1. The number of dihydropyridines is 1. The lowest BCUT2D eigenvalue weighted by Gasteiger charge is -2.39. The predicted octanol–water partition coefficient (Wildman–Crippen LogP) is 3.19. The third-order valence-corrected chi connectivity index (χ3v) is 7.29. The molecule has 34 heavy (non-hydrogen) atoms. The fourth-order valence-electron chi connectivity index (χ4n) is 4.26. The number of nitrogens with zero attached hydrogens (tertiary/aromatic N) is 3. The molecule has 2 aliphatic rings. The van der Waals surface area contributed by atoms with Crippen molar-refractivity contribution in [2.24, 2.45) is 10.1 Å². The molecule has 3 unspecified atom stereocenters. The second-order valence-corrected chi connectivity index (χ2v) is 11.5. The summed E-state index contributed by atoms with van der Waals surface area (Å²) in [6, 6.07) is 5.41. The third kappa shape index (κ3) is 6.02. The van der Waals surface area contributed by atoms with Crippen LogP contribution < -0.4 is 20.5 Å². The van der Waals surface area contributed by atoms with Crippen LogP contribution in [0.25, 0.3) is 5.57 Å². The first-order chi connectivity index (χ1) is 16.1. The molecular weight excluding hydrogens is 472 g/mol. The van der Waals surface area contributed by atoms with E-state index in [0.29, 0.717) is 28.7 Å². The lowest BCUT2D eigenvalue weighted by molar-refractivity contribution is 0.127. The Morgan fingerprint density at radius 1 is 1.26 bits per heavy atom. The van der Waals surface area contributed by atoms with Gasteiger partial charge in [-0.2, -0.15) is 0 Å². The number of primary sulfonamides is 1. The molecule has 3 heterocycles. The van der Waals surface area contributed by atoms with Crippen LogP contribution in [0.3, 0.4) is 0 Å². The zero-order valence-electron chi connectivity index (χ0n) is 19.9. The number of hydrogen-bond acceptors (Lipinski definition) is 9. The fourth-order valence-corrected chi connectivity index (χ4v) is 5.53. The van der Waals surface area contributed by atoms with Crippen LogP contribution in [0.15, 0.2) is 39.5 Å². The third-order valence-electron chi connectivity index (χ3n) is 5.63. The van der Waals surface area contributed by atoms with Gasteiger partial charge < -0.3 is 15.4 Å². The number of thiazole rings is 1. The maximum absolute atomic E-state index is 11.8. The molecule has 1 aromatic heterocycles. The van der Waals surface area contributed by atoms with Crippen molar-refractivity contribution in [2.75, 3.05) is 18.4 Å². The number of piperazine rings is 1. The Morgan fingerprint density at radius 3 is 2.62 bits per heavy atom. The molecule has 11 heteroatoms. The van der Waals surface area contributed by atoms with E-state index in [4.69, 9.17) is 19.9 Å². The summed E-state index contributed by atoms with van der Waals surface area (Å²) in [7, 11) is -3.84. The van der Waals surface area contributed by atoms with Gasteiger partial charge >= 0.3 is 0 Å². The molecule has 0 radical (unpaired) electrons. The molecule has 2 aliphatic heterocycles. The molecule has 1 saturated heterocycles. The van der Waals surface area contributed by atoms with Gasteiger partial charge in [0.15, 0.2) is 5.13 Å². The summed E-state index contributed by atoms with van der Waals surface area (Å²) in [6.45, 7) is 10.2. The van der Waals surface area contributed by atoms with Crippen molar-refractivity contribution in [1.29, 1.82) is 0 Å². The molecule has 0 bridgehead atoms. The fraction of sp³-hybridized carbons (Fsp3) is 0.478. The number of allylic oxidation sites excluding steroid dienone is 1. The van der Waals surface area contributed by atoms with Crippen molar-refractivity contribution >= 4 is 44.0 Å². The Bertz CT molecular complexity index is 1180. The summed E-state index contributed by atoms with van der Waals surface area (Å²) in [4.78, 5) is 11.9. The normalized spacial score (nSPS) is 23.7. The highest BCUT2D eigenvalue weighted by Gasteiger charge is 2.27. The molecule has 9 nitrogen and oxygen atoms in total. The second kappa shape index (κ2) is 10.1. The summed E-state index contributed by atoms with van der Waals surface area (Å²) in [5.74, 6) is 0.528. The van der Waals surface area contributed by atoms with Crippen molar-refractivity contribution < 1.29 is 13.2 Å². The maximum atomic E-state index is 11.8. The summed E-state index contributed by atoms with van der Waals surface area (Å²) in [5.41, 5.74) is 2.30. The standard InChI is InChI=1S/C23H32N6O3S2/c1-14(2)32-21-7-6-18(34(24,30)31)9-19(21)27-23-28-20(13-33-23)17-5-8-22(25-10-17)29-11-15(3)26-16(4)12-29/h5-7,9-10,13-16,22,26H,8,11-12H2,1-4H3,(H,27,28)(H2,24,30,31). The van der Waals surface area contributed by atoms with Crippen molar-refractivity contribution in [3.8, 4) is 5.75 Å². The zero-order valence-corrected chi connectivity index (χ0v) is 21.5. The van der Waals surface area contributed by atoms with Gasteiger partial charge in [0.05, 0.1) is 22.4 Å². The second-order valence-electron chi connectivity index (χ2n) is 9.11. The minimum Gasteiger partial charge on any atom is -0.489 e. The number of aromatic nitrogens is 1. The molecule has 0 spiro atoms. The number of hydrogen-bond donors (Lipinski definition) is 3. The van der Waals surface area contributed by atoms with E-state index in [1.165, 1.54) is 23.5 Å². The Labute approximate surface area is 205 Å². The van der Waals surface area contributed by atoms with Crippen LogP contribution in [0.2, 0.25) is 0 Å². The molecule has 0 saturated carbocycles. The Kier molecular flexibility index (Phi) is 7.39. The molecular formula is C23H32N6O3S2. The van der Waals surface area contributed by atoms with Crippen LogP contribution in [-0.4, -0.2) is 62.0 Å². The number of nitrogens with one attached hydrogen (secondary N) is 2. The van der Waals surface area contributed by atoms with Gasteiger partial charge in [-0.3, -0.25) is 9.89 Å². The Hall–Kier alpha value is -2.31. The molecule has 1 aromatic carbocycles. The van der Waals surface area contributed by atoms with E-state index in [0.717, 1.165) is 30.8 Å². The first-order valence-corrected chi connectivity index (χ1v) is 13.8. The number of ether oxygens (including phenoxy) is 1. The number of rotatable bonds is 7. The highest BCUT2D eigenvalue weighted by molar-refractivity contribution is 7.89. The van der Waals surface area contributed by atoms with Crippen LogP contribution >= 0.6 is 11.3 Å². The van der Waals surface area contributed by atoms with E-state index in [1.807, 2.05) is 25.4 Å². The van der Waals surface area contributed by atoms with Crippen molar-refractivity contribution in [3.05, 3.63) is 35.3 Å². The van der Waals surface area contributed by atoms with Crippen molar-refractivity contribution in [2.45, 2.75) is 63.4 Å². The van der Waals surface area contributed by atoms with Crippen molar-refractivity contribution in [1.82, 2.24) is 15.2 Å². The smallest absolute Gasteiger partial charge is 0.238 e. The number of benzene rings is 1. The molecule has 184 valence electrons. The minimum atomic E-state index is -3.84. The minimum absolute atomic E-state index is 0.00704.